The average Bonchev–Trinajstić information content (AvgIpc) is 4.09. The number of nitrogens with zero attached hydrogens (tertiary/aromatic N) is 4. The molecular formula is C46H46N8O6. The summed E-state index contributed by atoms with van der Waals surface area (Å²) in [5, 5.41) is 23.9. The quantitative estimate of drug-likeness (QED) is 0.0755. The van der Waals surface area contributed by atoms with Crippen LogP contribution in [0.15, 0.2) is 109 Å². The lowest BCUT2D eigenvalue weighted by molar-refractivity contribution is -0.135. The molecule has 2 fully saturated rings. The van der Waals surface area contributed by atoms with E-state index in [1.165, 1.54) is 0 Å². The molecule has 0 bridgehead atoms. The molecule has 60 heavy (non-hydrogen) atoms. The molecule has 2 aromatic heterocycles. The first-order valence-corrected chi connectivity index (χ1v) is 20.1. The molecule has 4 aromatic carbocycles. The summed E-state index contributed by atoms with van der Waals surface area (Å²) in [4.78, 5) is 70.6. The van der Waals surface area contributed by atoms with Gasteiger partial charge in [0.15, 0.2) is 0 Å². The van der Waals surface area contributed by atoms with Crippen LogP contribution in [0.5, 0.6) is 0 Å². The van der Waals surface area contributed by atoms with E-state index in [4.69, 9.17) is 9.97 Å². The molecule has 0 saturated carbocycles. The Labute approximate surface area is 346 Å². The highest BCUT2D eigenvalue weighted by Gasteiger charge is 2.38. The molecule has 8 rings (SSSR count). The van der Waals surface area contributed by atoms with Crippen molar-refractivity contribution in [2.45, 2.75) is 63.7 Å². The first-order chi connectivity index (χ1) is 29.0. The normalized spacial score (nSPS) is 17.3. The maximum atomic E-state index is 13.8. The van der Waals surface area contributed by atoms with Crippen molar-refractivity contribution >= 4 is 24.0 Å². The number of carbonyl (C=O) groups excluding carboxylic acids is 2. The minimum absolute atomic E-state index is 0.310. The van der Waals surface area contributed by atoms with Crippen molar-refractivity contribution in [1.29, 1.82) is 0 Å². The molecule has 2 aliphatic heterocycles. The van der Waals surface area contributed by atoms with E-state index in [1.54, 1.807) is 70.7 Å². The number of H-pyrrole nitrogens is 2. The second-order valence-electron chi connectivity index (χ2n) is 15.4. The van der Waals surface area contributed by atoms with Crippen molar-refractivity contribution in [3.63, 3.8) is 0 Å². The van der Waals surface area contributed by atoms with Crippen LogP contribution in [0, 0.1) is 13.8 Å². The Morgan fingerprint density at radius 1 is 0.617 bits per heavy atom. The predicted octanol–water partition coefficient (Wildman–Crippen LogP) is 8.10. The van der Waals surface area contributed by atoms with Gasteiger partial charge in [0.1, 0.15) is 23.7 Å². The van der Waals surface area contributed by atoms with Gasteiger partial charge in [0.25, 0.3) is 11.8 Å². The van der Waals surface area contributed by atoms with E-state index in [-0.39, 0.29) is 23.9 Å². The van der Waals surface area contributed by atoms with E-state index in [0.717, 1.165) is 57.6 Å². The fourth-order valence-corrected chi connectivity index (χ4v) is 8.65. The Morgan fingerprint density at radius 3 is 1.38 bits per heavy atom. The van der Waals surface area contributed by atoms with Gasteiger partial charge in [-0.3, -0.25) is 9.59 Å². The number of aromatic nitrogens is 4. The number of carboxylic acid groups (broad SMARTS) is 2. The topological polar surface area (TPSA) is 197 Å². The summed E-state index contributed by atoms with van der Waals surface area (Å²) in [6.07, 6.45) is 4.00. The van der Waals surface area contributed by atoms with E-state index < -0.39 is 24.3 Å². The zero-order chi connectivity index (χ0) is 41.9. The van der Waals surface area contributed by atoms with Crippen molar-refractivity contribution in [1.82, 2.24) is 40.4 Å². The Morgan fingerprint density at radius 2 is 1.02 bits per heavy atom. The van der Waals surface area contributed by atoms with Gasteiger partial charge < -0.3 is 40.6 Å². The summed E-state index contributed by atoms with van der Waals surface area (Å²) < 4.78 is 0. The Bertz CT molecular complexity index is 2360. The standard InChI is InChI=1S/C46H46N8O6/c1-27-23-31(35-25-47-41(49-35)37-15-9-21-53(37)43(55)39(51-45(57)58)29-11-5-3-6-12-29)17-19-33(27)34-20-18-32(24-28(34)2)36-26-48-42(50-36)38-16-10-22-54(38)44(56)40(52-46(59)60)30-13-7-4-8-14-30/h3-8,11-14,17-20,23-26,37-40,51-52H,9-10,15-16,21-22H2,1-2H3,(H,47,49)(H,48,50)(H,57,58)(H,59,60)/t37-,38?,39+,40?/m0/s1. The molecule has 2 unspecified atom stereocenters. The third-order valence-electron chi connectivity index (χ3n) is 11.6. The summed E-state index contributed by atoms with van der Waals surface area (Å²) in [6.45, 7) is 5.15. The Balaban J connectivity index is 0.967. The largest absolute Gasteiger partial charge is 0.465 e. The maximum absolute atomic E-state index is 13.8. The molecule has 4 amide bonds. The lowest BCUT2D eigenvalue weighted by Gasteiger charge is -2.28. The lowest BCUT2D eigenvalue weighted by Crippen LogP contribution is -2.42. The van der Waals surface area contributed by atoms with Gasteiger partial charge in [-0.25, -0.2) is 19.6 Å². The molecule has 6 aromatic rings. The Kier molecular flexibility index (Phi) is 11.2. The SMILES string of the molecule is Cc1cc(-c2cnc(C3CCCN3C(=O)C(NC(=O)O)c3ccccc3)[nH]2)ccc1-c1ccc(-c2cnc([C@@H]3CCCN3C(=O)[C@H](NC(=O)O)c3ccccc3)[nH]2)cc1C. The third kappa shape index (κ3) is 8.08. The molecule has 14 nitrogen and oxygen atoms in total. The fourth-order valence-electron chi connectivity index (χ4n) is 8.65. The van der Waals surface area contributed by atoms with Gasteiger partial charge in [-0.15, -0.1) is 0 Å². The highest BCUT2D eigenvalue weighted by Crippen LogP contribution is 2.37. The van der Waals surface area contributed by atoms with Crippen LogP contribution in [0.3, 0.4) is 0 Å². The van der Waals surface area contributed by atoms with Crippen molar-refractivity contribution in [2.24, 2.45) is 0 Å². The number of aryl methyl sites for hydroxylation is 2. The second kappa shape index (κ2) is 16.9. The lowest BCUT2D eigenvalue weighted by atomic mass is 9.93. The number of benzene rings is 4. The molecule has 4 atom stereocenters. The van der Waals surface area contributed by atoms with Crippen molar-refractivity contribution in [3.05, 3.63) is 143 Å². The molecule has 4 heterocycles. The highest BCUT2D eigenvalue weighted by molar-refractivity contribution is 5.88. The van der Waals surface area contributed by atoms with Gasteiger partial charge in [0, 0.05) is 13.1 Å². The third-order valence-corrected chi connectivity index (χ3v) is 11.6. The zero-order valence-electron chi connectivity index (χ0n) is 33.3. The number of hydrogen-bond acceptors (Lipinski definition) is 6. The number of imidazole rings is 2. The van der Waals surface area contributed by atoms with Crippen molar-refractivity contribution in [2.75, 3.05) is 13.1 Å². The van der Waals surface area contributed by atoms with Gasteiger partial charge in [-0.1, -0.05) is 84.9 Å². The van der Waals surface area contributed by atoms with Crippen molar-refractivity contribution < 1.29 is 29.4 Å². The number of likely N-dealkylation sites (tertiary alicyclic amines) is 2. The van der Waals surface area contributed by atoms with E-state index in [0.29, 0.717) is 48.7 Å². The Hall–Kier alpha value is -7.22. The minimum Gasteiger partial charge on any atom is -0.465 e. The molecule has 306 valence electrons. The number of rotatable bonds is 11. The molecular weight excluding hydrogens is 761 g/mol. The summed E-state index contributed by atoms with van der Waals surface area (Å²) in [7, 11) is 0. The summed E-state index contributed by atoms with van der Waals surface area (Å²) in [5.41, 5.74) is 9.02. The van der Waals surface area contributed by atoms with Gasteiger partial charge in [0.2, 0.25) is 0 Å². The minimum atomic E-state index is -1.26. The first-order valence-electron chi connectivity index (χ1n) is 20.1. The van der Waals surface area contributed by atoms with E-state index in [2.05, 4.69) is 70.8 Å². The maximum Gasteiger partial charge on any atom is 0.405 e. The van der Waals surface area contributed by atoms with Crippen LogP contribution >= 0.6 is 0 Å². The van der Waals surface area contributed by atoms with Gasteiger partial charge in [-0.2, -0.15) is 0 Å². The van der Waals surface area contributed by atoms with E-state index in [9.17, 15) is 29.4 Å². The first kappa shape index (κ1) is 39.6. The van der Waals surface area contributed by atoms with Gasteiger partial charge in [0.05, 0.1) is 35.9 Å². The monoisotopic (exact) mass is 806 g/mol. The molecule has 6 N–H and O–H groups in total. The second-order valence-corrected chi connectivity index (χ2v) is 15.4. The summed E-state index contributed by atoms with van der Waals surface area (Å²) in [6, 6.07) is 27.6. The number of hydrogen-bond donors (Lipinski definition) is 6. The van der Waals surface area contributed by atoms with Gasteiger partial charge >= 0.3 is 12.2 Å². The summed E-state index contributed by atoms with van der Waals surface area (Å²) >= 11 is 0. The molecule has 2 aliphatic rings. The van der Waals surface area contributed by atoms with Crippen molar-refractivity contribution in [3.8, 4) is 33.6 Å². The van der Waals surface area contributed by atoms with Crippen LogP contribution in [0.1, 0.15) is 83.8 Å². The number of carbonyl (C=O) groups is 4. The molecule has 0 radical (unpaired) electrons. The van der Waals surface area contributed by atoms with Crippen LogP contribution in [0.2, 0.25) is 0 Å². The van der Waals surface area contributed by atoms with E-state index >= 15 is 0 Å². The molecule has 14 heteroatoms. The fraction of sp³-hybridized carbons (Fsp3) is 0.261. The van der Waals surface area contributed by atoms with Gasteiger partial charge in [-0.05, 0) is 96.2 Å². The number of amides is 4. The molecule has 0 aliphatic carbocycles. The average molecular weight is 807 g/mol. The summed E-state index contributed by atoms with van der Waals surface area (Å²) in [5.74, 6) is 0.699. The van der Waals surface area contributed by atoms with Crippen LogP contribution in [0.4, 0.5) is 9.59 Å². The van der Waals surface area contributed by atoms with E-state index in [1.807, 2.05) is 12.1 Å². The highest BCUT2D eigenvalue weighted by atomic mass is 16.4. The van der Waals surface area contributed by atoms with Crippen LogP contribution in [-0.2, 0) is 9.59 Å². The zero-order valence-corrected chi connectivity index (χ0v) is 33.3. The molecule has 2 saturated heterocycles. The number of nitrogens with one attached hydrogen (secondary N) is 4. The number of aromatic amines is 2. The van der Waals surface area contributed by atoms with Crippen LogP contribution in [0.25, 0.3) is 33.6 Å². The predicted molar refractivity (Wildman–Crippen MR) is 225 cm³/mol. The van der Waals surface area contributed by atoms with Crippen LogP contribution < -0.4 is 10.6 Å². The smallest absolute Gasteiger partial charge is 0.405 e. The van der Waals surface area contributed by atoms with Crippen LogP contribution in [-0.4, -0.2) is 77.0 Å². The molecule has 0 spiro atoms.